The minimum Gasteiger partial charge on any atom is -0.116 e. The van der Waals surface area contributed by atoms with E-state index in [-0.39, 0.29) is 5.41 Å². The van der Waals surface area contributed by atoms with Crippen LogP contribution >= 0.6 is 43.4 Å². The molecule has 0 bridgehead atoms. The Balaban J connectivity index is -0.000000205. The van der Waals surface area contributed by atoms with Crippen molar-refractivity contribution in [3.05, 3.63) is 0 Å². The van der Waals surface area contributed by atoms with E-state index in [0.717, 1.165) is 0 Å². The topological polar surface area (TPSA) is 0 Å². The maximum Gasteiger partial charge on any atom is -0.0449 e. The SMILES string of the molecule is CC(C)(C)[CH]=[Nb]([Cl])([Cl])[Cl].CP(C)C.CP(C)C. The first-order chi connectivity index (χ1) is 7.17. The summed E-state index contributed by atoms with van der Waals surface area (Å²) in [5.74, 6) is 0. The van der Waals surface area contributed by atoms with Crippen molar-refractivity contribution >= 4 is 47.6 Å². The molecule has 17 heavy (non-hydrogen) atoms. The molecule has 0 aromatic carbocycles. The van der Waals surface area contributed by atoms with Gasteiger partial charge in [-0.15, -0.1) is 15.8 Å². The molecule has 0 N–H and O–H groups in total. The normalized spacial score (nSPS) is 11.4. The zero-order valence-corrected chi connectivity index (χ0v) is 18.8. The van der Waals surface area contributed by atoms with Crippen LogP contribution in [0.1, 0.15) is 20.8 Å². The molecule has 6 heteroatoms. The van der Waals surface area contributed by atoms with Crippen molar-refractivity contribution in [2.24, 2.45) is 5.41 Å². The second kappa shape index (κ2) is 12.1. The number of hydrogen-bond acceptors (Lipinski definition) is 0. The van der Waals surface area contributed by atoms with E-state index in [2.05, 4.69) is 40.0 Å². The van der Waals surface area contributed by atoms with E-state index < -0.39 is 13.4 Å². The molecule has 0 aromatic heterocycles. The Hall–Kier alpha value is 2.34. The molecule has 0 unspecified atom stereocenters. The van der Waals surface area contributed by atoms with Crippen molar-refractivity contribution in [2.75, 3.05) is 40.0 Å². The second-order valence-corrected chi connectivity index (χ2v) is 26.6. The van der Waals surface area contributed by atoms with E-state index in [9.17, 15) is 0 Å². The molecule has 0 aliphatic carbocycles. The molecule has 0 nitrogen and oxygen atoms in total. The van der Waals surface area contributed by atoms with Gasteiger partial charge in [-0.05, 0) is 40.0 Å². The molecule has 0 fully saturated rings. The molecule has 0 aliphatic rings. The molecule has 0 radical (unpaired) electrons. The van der Waals surface area contributed by atoms with Crippen LogP contribution in [0.3, 0.4) is 0 Å². The number of halogens is 3. The van der Waals surface area contributed by atoms with E-state index >= 15 is 0 Å². The van der Waals surface area contributed by atoms with Gasteiger partial charge in [-0.1, -0.05) is 0 Å². The first-order valence-corrected chi connectivity index (χ1v) is 20.4. The van der Waals surface area contributed by atoms with Gasteiger partial charge < -0.3 is 0 Å². The predicted octanol–water partition coefficient (Wildman–Crippen LogP) is 6.17. The van der Waals surface area contributed by atoms with Crippen LogP contribution in [0.4, 0.5) is 0 Å². The van der Waals surface area contributed by atoms with Gasteiger partial charge in [0.05, 0.1) is 0 Å². The van der Waals surface area contributed by atoms with E-state index in [0.29, 0.717) is 15.8 Å². The molecule has 108 valence electrons. The minimum atomic E-state index is -3.06. The van der Waals surface area contributed by atoms with Crippen LogP contribution in [0, 0.1) is 5.41 Å². The van der Waals surface area contributed by atoms with Crippen LogP contribution in [0.5, 0.6) is 0 Å². The average molecular weight is 422 g/mol. The van der Waals surface area contributed by atoms with Crippen molar-refractivity contribution in [1.82, 2.24) is 0 Å². The average Bonchev–Trinajstić information content (AvgIpc) is 1.70. The fraction of sp³-hybridized carbons (Fsp3) is 0.909. The molecule has 0 rings (SSSR count). The number of rotatable bonds is 0. The molecule has 0 saturated carbocycles. The summed E-state index contributed by atoms with van der Waals surface area (Å²) in [7, 11) is 17.8. The van der Waals surface area contributed by atoms with Crippen LogP contribution < -0.4 is 0 Å². The maximum atomic E-state index is 5.69. The second-order valence-electron chi connectivity index (χ2n) is 5.66. The zero-order chi connectivity index (χ0) is 14.9. The third-order valence-corrected chi connectivity index (χ3v) is 4.89. The van der Waals surface area contributed by atoms with Gasteiger partial charge in [-0.2, -0.15) is 0 Å². The standard InChI is InChI=1S/C5H10.2C3H9P.3ClH.Nb/c1-5(2,3)4;2*1-4(2)3;;;;/h1H,2-4H3;2*1-3H3;3*1H;/q;;;;;;+3/p-3. The van der Waals surface area contributed by atoms with Crippen molar-refractivity contribution in [3.63, 3.8) is 0 Å². The quantitative estimate of drug-likeness (QED) is 0.324. The zero-order valence-electron chi connectivity index (χ0n) is 12.6. The van der Waals surface area contributed by atoms with Gasteiger partial charge >= 0.3 is 71.4 Å². The Labute approximate surface area is 126 Å². The van der Waals surface area contributed by atoms with E-state index in [1.807, 2.05) is 25.0 Å². The third-order valence-electron chi connectivity index (χ3n) is 0.534. The van der Waals surface area contributed by atoms with Gasteiger partial charge in [0.25, 0.3) is 0 Å². The summed E-state index contributed by atoms with van der Waals surface area (Å²) in [6.07, 6.45) is 0. The summed E-state index contributed by atoms with van der Waals surface area (Å²) in [4.78, 5) is 0. The Kier molecular flexibility index (Phi) is 17.4. The smallest absolute Gasteiger partial charge is 0.0449 e. The first-order valence-electron chi connectivity index (χ1n) is 5.24. The van der Waals surface area contributed by atoms with E-state index in [1.54, 1.807) is 0 Å². The molecule has 0 aliphatic heterocycles. The summed E-state index contributed by atoms with van der Waals surface area (Å²) in [6, 6.07) is 0. The van der Waals surface area contributed by atoms with Gasteiger partial charge in [0, 0.05) is 0 Å². The minimum absolute atomic E-state index is 0.0524. The molecular weight excluding hydrogens is 393 g/mol. The molecule has 0 saturated heterocycles. The van der Waals surface area contributed by atoms with Gasteiger partial charge in [0.1, 0.15) is 0 Å². The summed E-state index contributed by atoms with van der Waals surface area (Å²) < 4.78 is 1.87. The molecule has 0 spiro atoms. The van der Waals surface area contributed by atoms with E-state index in [1.165, 1.54) is 0 Å². The molecule has 0 heterocycles. The monoisotopic (exact) mass is 420 g/mol. The van der Waals surface area contributed by atoms with Crippen LogP contribution in [0.25, 0.3) is 0 Å². The third kappa shape index (κ3) is 70.4. The van der Waals surface area contributed by atoms with Crippen LogP contribution in [0.15, 0.2) is 0 Å². The summed E-state index contributed by atoms with van der Waals surface area (Å²) in [5, 5.41) is 0. The largest absolute Gasteiger partial charge is 0.116 e. The van der Waals surface area contributed by atoms with Gasteiger partial charge in [0.2, 0.25) is 0 Å². The molecule has 0 aromatic rings. The maximum absolute atomic E-state index is 5.69. The molecular formula is C11H28Cl3NbP2. The fourth-order valence-electron chi connectivity index (χ4n) is 0.439. The number of hydrogen-bond donors (Lipinski definition) is 0. The summed E-state index contributed by atoms with van der Waals surface area (Å²) in [6.45, 7) is 19.5. The molecule has 0 amide bonds. The Morgan fingerprint density at radius 2 is 0.941 bits per heavy atom. The van der Waals surface area contributed by atoms with Crippen molar-refractivity contribution < 1.29 is 13.4 Å². The van der Waals surface area contributed by atoms with Gasteiger partial charge in [-0.25, -0.2) is 0 Å². The Bertz CT molecular complexity index is 197. The van der Waals surface area contributed by atoms with Crippen LogP contribution in [-0.2, 0) is 13.4 Å². The molecule has 0 atom stereocenters. The fourth-order valence-corrected chi connectivity index (χ4v) is 7.79. The van der Waals surface area contributed by atoms with Crippen molar-refractivity contribution in [3.8, 4) is 0 Å². The van der Waals surface area contributed by atoms with Crippen LogP contribution in [0.2, 0.25) is 0 Å². The Morgan fingerprint density at radius 3 is 0.941 bits per heavy atom. The Morgan fingerprint density at radius 1 is 0.765 bits per heavy atom. The first kappa shape index (κ1) is 24.4. The van der Waals surface area contributed by atoms with Gasteiger partial charge in [0.15, 0.2) is 0 Å². The summed E-state index contributed by atoms with van der Waals surface area (Å²) >= 11 is -3.06. The van der Waals surface area contributed by atoms with Gasteiger partial charge in [-0.3, -0.25) is 0 Å². The summed E-state index contributed by atoms with van der Waals surface area (Å²) in [5.41, 5.74) is 0.0524. The van der Waals surface area contributed by atoms with Crippen molar-refractivity contribution in [1.29, 1.82) is 0 Å². The predicted molar refractivity (Wildman–Crippen MR) is 92.5 cm³/mol. The van der Waals surface area contributed by atoms with E-state index in [4.69, 9.17) is 27.6 Å². The van der Waals surface area contributed by atoms with Crippen LogP contribution in [-0.4, -0.2) is 44.2 Å². The van der Waals surface area contributed by atoms with Crippen molar-refractivity contribution in [2.45, 2.75) is 20.8 Å².